The van der Waals surface area contributed by atoms with Crippen molar-refractivity contribution in [3.63, 3.8) is 0 Å². The smallest absolute Gasteiger partial charge is 0.134 e. The average molecular weight is 300 g/mol. The summed E-state index contributed by atoms with van der Waals surface area (Å²) in [6, 6.07) is 20.8. The Kier molecular flexibility index (Phi) is 4.68. The van der Waals surface area contributed by atoms with Gasteiger partial charge in [-0.05, 0) is 41.2 Å². The topological polar surface area (TPSA) is 17.1 Å². The van der Waals surface area contributed by atoms with Crippen molar-refractivity contribution >= 4 is 16.9 Å². The maximum Gasteiger partial charge on any atom is 0.134 e. The van der Waals surface area contributed by atoms with Gasteiger partial charge in [0.05, 0.1) is 0 Å². The number of carbonyl (C=O) groups is 1. The number of hydrogen-bond donors (Lipinski definition) is 0. The molecule has 1 aliphatic rings. The van der Waals surface area contributed by atoms with Crippen LogP contribution in [0.15, 0.2) is 84.5 Å². The standard InChI is InChI=1S/C22H20O/c1-17(23)14-18-12-13-21(19-8-4-2-5-9-19)16-22(15-18)20-10-6-3-7-11-20/h2-12,15-16H,13-14H2,1H3. The number of allylic oxidation sites excluding steroid dienone is 6. The Morgan fingerprint density at radius 1 is 0.870 bits per heavy atom. The largest absolute Gasteiger partial charge is 0.300 e. The van der Waals surface area contributed by atoms with E-state index in [4.69, 9.17) is 0 Å². The second kappa shape index (κ2) is 7.06. The molecule has 0 bridgehead atoms. The van der Waals surface area contributed by atoms with E-state index in [-0.39, 0.29) is 5.78 Å². The fourth-order valence-corrected chi connectivity index (χ4v) is 2.85. The highest BCUT2D eigenvalue weighted by atomic mass is 16.1. The molecular formula is C22H20O. The SMILES string of the molecule is CC(=O)CC1=CCC(c2ccccc2)=CC(c2ccccc2)=C1. The zero-order valence-corrected chi connectivity index (χ0v) is 13.3. The summed E-state index contributed by atoms with van der Waals surface area (Å²) >= 11 is 0. The summed E-state index contributed by atoms with van der Waals surface area (Å²) in [5.41, 5.74) is 5.94. The third kappa shape index (κ3) is 3.95. The average Bonchev–Trinajstić information content (AvgIpc) is 2.79. The summed E-state index contributed by atoms with van der Waals surface area (Å²) in [5.74, 6) is 0.197. The Balaban J connectivity index is 2.04. The van der Waals surface area contributed by atoms with Crippen LogP contribution in [0.4, 0.5) is 0 Å². The minimum absolute atomic E-state index is 0.197. The molecule has 23 heavy (non-hydrogen) atoms. The Hall–Kier alpha value is -2.67. The molecule has 0 fully saturated rings. The molecule has 2 aromatic rings. The number of ketones is 1. The lowest BCUT2D eigenvalue weighted by Crippen LogP contribution is -1.92. The van der Waals surface area contributed by atoms with E-state index < -0.39 is 0 Å². The molecule has 0 N–H and O–H groups in total. The van der Waals surface area contributed by atoms with E-state index in [1.807, 2.05) is 24.3 Å². The molecule has 2 aromatic carbocycles. The maximum atomic E-state index is 11.5. The van der Waals surface area contributed by atoms with Crippen LogP contribution in [0.1, 0.15) is 30.9 Å². The second-order valence-electron chi connectivity index (χ2n) is 5.86. The van der Waals surface area contributed by atoms with Gasteiger partial charge in [0.25, 0.3) is 0 Å². The molecule has 114 valence electrons. The molecule has 1 heteroatoms. The molecule has 3 rings (SSSR count). The molecule has 1 aliphatic carbocycles. The number of rotatable bonds is 4. The van der Waals surface area contributed by atoms with E-state index in [9.17, 15) is 4.79 Å². The van der Waals surface area contributed by atoms with Gasteiger partial charge < -0.3 is 0 Å². The van der Waals surface area contributed by atoms with Crippen molar-refractivity contribution < 1.29 is 4.79 Å². The number of carbonyl (C=O) groups excluding carboxylic acids is 1. The van der Waals surface area contributed by atoms with E-state index in [1.165, 1.54) is 16.7 Å². The van der Waals surface area contributed by atoms with Crippen LogP contribution in [0, 0.1) is 0 Å². The van der Waals surface area contributed by atoms with E-state index in [1.54, 1.807) is 6.92 Å². The van der Waals surface area contributed by atoms with Crippen molar-refractivity contribution in [3.8, 4) is 0 Å². The molecule has 0 amide bonds. The number of hydrogen-bond acceptors (Lipinski definition) is 1. The minimum atomic E-state index is 0.197. The van der Waals surface area contributed by atoms with E-state index >= 15 is 0 Å². The van der Waals surface area contributed by atoms with Gasteiger partial charge in [0.1, 0.15) is 5.78 Å². The maximum absolute atomic E-state index is 11.5. The lowest BCUT2D eigenvalue weighted by molar-refractivity contribution is -0.116. The fourth-order valence-electron chi connectivity index (χ4n) is 2.85. The highest BCUT2D eigenvalue weighted by Gasteiger charge is 2.10. The summed E-state index contributed by atoms with van der Waals surface area (Å²) in [4.78, 5) is 11.5. The normalized spacial score (nSPS) is 14.4. The quantitative estimate of drug-likeness (QED) is 0.732. The lowest BCUT2D eigenvalue weighted by atomic mass is 9.98. The van der Waals surface area contributed by atoms with Crippen molar-refractivity contribution in [1.29, 1.82) is 0 Å². The highest BCUT2D eigenvalue weighted by molar-refractivity contribution is 5.88. The number of benzene rings is 2. The predicted molar refractivity (Wildman–Crippen MR) is 96.8 cm³/mol. The molecule has 0 unspecified atom stereocenters. The van der Waals surface area contributed by atoms with Crippen molar-refractivity contribution in [2.75, 3.05) is 0 Å². The summed E-state index contributed by atoms with van der Waals surface area (Å²) in [6.45, 7) is 1.65. The minimum Gasteiger partial charge on any atom is -0.300 e. The first kappa shape index (κ1) is 15.2. The van der Waals surface area contributed by atoms with Gasteiger partial charge in [-0.1, -0.05) is 78.9 Å². The molecule has 0 saturated heterocycles. The first-order chi connectivity index (χ1) is 11.2. The lowest BCUT2D eigenvalue weighted by Gasteiger charge is -2.07. The Bertz CT molecular complexity index is 777. The van der Waals surface area contributed by atoms with Crippen LogP contribution in [-0.2, 0) is 4.79 Å². The van der Waals surface area contributed by atoms with Gasteiger partial charge in [-0.2, -0.15) is 0 Å². The monoisotopic (exact) mass is 300 g/mol. The Morgan fingerprint density at radius 2 is 1.48 bits per heavy atom. The third-order valence-electron chi connectivity index (χ3n) is 3.96. The predicted octanol–water partition coefficient (Wildman–Crippen LogP) is 5.46. The van der Waals surface area contributed by atoms with Crippen molar-refractivity contribution in [1.82, 2.24) is 0 Å². The van der Waals surface area contributed by atoms with Crippen LogP contribution in [0.2, 0.25) is 0 Å². The van der Waals surface area contributed by atoms with Crippen molar-refractivity contribution in [3.05, 3.63) is 95.6 Å². The molecule has 1 nitrogen and oxygen atoms in total. The van der Waals surface area contributed by atoms with Crippen LogP contribution in [0.5, 0.6) is 0 Å². The molecule has 0 saturated carbocycles. The summed E-state index contributed by atoms with van der Waals surface area (Å²) in [7, 11) is 0. The fraction of sp³-hybridized carbons (Fsp3) is 0.136. The Morgan fingerprint density at radius 3 is 2.09 bits per heavy atom. The zero-order valence-electron chi connectivity index (χ0n) is 13.3. The van der Waals surface area contributed by atoms with Crippen LogP contribution < -0.4 is 0 Å². The molecule has 0 heterocycles. The zero-order chi connectivity index (χ0) is 16.1. The summed E-state index contributed by atoms with van der Waals surface area (Å²) in [5, 5.41) is 0. The van der Waals surface area contributed by atoms with Crippen LogP contribution >= 0.6 is 0 Å². The molecule has 0 atom stereocenters. The third-order valence-corrected chi connectivity index (χ3v) is 3.96. The van der Waals surface area contributed by atoms with Crippen molar-refractivity contribution in [2.24, 2.45) is 0 Å². The van der Waals surface area contributed by atoms with E-state index in [2.05, 4.69) is 54.6 Å². The highest BCUT2D eigenvalue weighted by Crippen LogP contribution is 2.30. The van der Waals surface area contributed by atoms with E-state index in [0.717, 1.165) is 17.6 Å². The van der Waals surface area contributed by atoms with Crippen LogP contribution in [-0.4, -0.2) is 5.78 Å². The second-order valence-corrected chi connectivity index (χ2v) is 5.86. The first-order valence-electron chi connectivity index (χ1n) is 7.94. The Labute approximate surface area is 137 Å². The molecular weight excluding hydrogens is 280 g/mol. The van der Waals surface area contributed by atoms with Crippen LogP contribution in [0.25, 0.3) is 11.1 Å². The van der Waals surface area contributed by atoms with E-state index in [0.29, 0.717) is 6.42 Å². The molecule has 0 aromatic heterocycles. The first-order valence-corrected chi connectivity index (χ1v) is 7.94. The molecule has 0 spiro atoms. The summed E-state index contributed by atoms with van der Waals surface area (Å²) in [6.07, 6.45) is 7.91. The van der Waals surface area contributed by atoms with Gasteiger partial charge >= 0.3 is 0 Å². The van der Waals surface area contributed by atoms with Gasteiger partial charge in [0.15, 0.2) is 0 Å². The number of Topliss-reactive ketones (excluding diaryl/α,β-unsaturated/α-hetero) is 1. The van der Waals surface area contributed by atoms with Gasteiger partial charge in [0, 0.05) is 6.42 Å². The van der Waals surface area contributed by atoms with Crippen LogP contribution in [0.3, 0.4) is 0 Å². The van der Waals surface area contributed by atoms with Gasteiger partial charge in [-0.15, -0.1) is 0 Å². The molecule has 0 aliphatic heterocycles. The van der Waals surface area contributed by atoms with Gasteiger partial charge in [-0.25, -0.2) is 0 Å². The van der Waals surface area contributed by atoms with Crippen molar-refractivity contribution in [2.45, 2.75) is 19.8 Å². The molecule has 0 radical (unpaired) electrons. The van der Waals surface area contributed by atoms with Gasteiger partial charge in [-0.3, -0.25) is 4.79 Å². The summed E-state index contributed by atoms with van der Waals surface area (Å²) < 4.78 is 0. The van der Waals surface area contributed by atoms with Gasteiger partial charge in [0.2, 0.25) is 0 Å².